The van der Waals surface area contributed by atoms with Crippen LogP contribution in [0.3, 0.4) is 0 Å². The van der Waals surface area contributed by atoms with Gasteiger partial charge in [-0.1, -0.05) is 0 Å². The van der Waals surface area contributed by atoms with Crippen LogP contribution in [0.1, 0.15) is 26.2 Å². The second kappa shape index (κ2) is 5.24. The molecule has 102 valence electrons. The Kier molecular flexibility index (Phi) is 3.87. The normalized spacial score (nSPS) is 22.3. The van der Waals surface area contributed by atoms with Crippen LogP contribution >= 0.6 is 0 Å². The van der Waals surface area contributed by atoms with Crippen molar-refractivity contribution in [1.82, 2.24) is 10.2 Å². The van der Waals surface area contributed by atoms with E-state index in [2.05, 4.69) is 10.2 Å². The molecule has 1 saturated heterocycles. The van der Waals surface area contributed by atoms with Crippen LogP contribution in [-0.4, -0.2) is 59.8 Å². The molecule has 0 unspecified atom stereocenters. The van der Waals surface area contributed by atoms with E-state index >= 15 is 0 Å². The summed E-state index contributed by atoms with van der Waals surface area (Å²) in [6.07, 6.45) is 2.72. The first kappa shape index (κ1) is 13.3. The summed E-state index contributed by atoms with van der Waals surface area (Å²) in [5, 5.41) is 11.5. The Morgan fingerprint density at radius 1 is 1.44 bits per heavy atom. The van der Waals surface area contributed by atoms with Crippen molar-refractivity contribution in [1.29, 1.82) is 0 Å². The van der Waals surface area contributed by atoms with E-state index in [1.165, 1.54) is 0 Å². The first-order valence-electron chi connectivity index (χ1n) is 6.34. The molecular weight excluding hydrogens is 236 g/mol. The van der Waals surface area contributed by atoms with E-state index in [1.54, 1.807) is 0 Å². The zero-order valence-electron chi connectivity index (χ0n) is 10.6. The quantitative estimate of drug-likeness (QED) is 0.661. The number of carbonyl (C=O) groups excluding carboxylic acids is 1. The Bertz CT molecular complexity index is 335. The minimum atomic E-state index is -0.946. The standard InChI is InChI=1S/C12H20N2O4/c1-12(18-6-11(16)17)7-14(8-12)5-4-10(15)13-9-2-3-9/h9H,2-8H2,1H3,(H,13,15)(H,16,17). The van der Waals surface area contributed by atoms with Crippen LogP contribution in [0, 0.1) is 0 Å². The van der Waals surface area contributed by atoms with Gasteiger partial charge in [0.2, 0.25) is 5.91 Å². The number of hydrogen-bond acceptors (Lipinski definition) is 4. The third-order valence-electron chi connectivity index (χ3n) is 3.26. The zero-order valence-corrected chi connectivity index (χ0v) is 10.6. The number of nitrogens with zero attached hydrogens (tertiary/aromatic N) is 1. The molecule has 18 heavy (non-hydrogen) atoms. The van der Waals surface area contributed by atoms with Crippen LogP contribution in [0.5, 0.6) is 0 Å². The van der Waals surface area contributed by atoms with Crippen LogP contribution in [0.4, 0.5) is 0 Å². The minimum Gasteiger partial charge on any atom is -0.480 e. The van der Waals surface area contributed by atoms with Gasteiger partial charge in [-0.2, -0.15) is 0 Å². The molecule has 6 nitrogen and oxygen atoms in total. The molecule has 1 amide bonds. The van der Waals surface area contributed by atoms with E-state index in [4.69, 9.17) is 9.84 Å². The Morgan fingerprint density at radius 2 is 2.11 bits per heavy atom. The van der Waals surface area contributed by atoms with Crippen molar-refractivity contribution < 1.29 is 19.4 Å². The van der Waals surface area contributed by atoms with Gasteiger partial charge in [0.1, 0.15) is 6.61 Å². The molecular formula is C12H20N2O4. The van der Waals surface area contributed by atoms with Crippen LogP contribution < -0.4 is 5.32 Å². The number of carboxylic acids is 1. The van der Waals surface area contributed by atoms with E-state index in [1.807, 2.05) is 6.92 Å². The van der Waals surface area contributed by atoms with Crippen molar-refractivity contribution in [2.24, 2.45) is 0 Å². The van der Waals surface area contributed by atoms with Crippen molar-refractivity contribution in [3.8, 4) is 0 Å². The number of hydrogen-bond donors (Lipinski definition) is 2. The van der Waals surface area contributed by atoms with Gasteiger partial charge in [0.15, 0.2) is 0 Å². The van der Waals surface area contributed by atoms with Crippen LogP contribution in [0.15, 0.2) is 0 Å². The van der Waals surface area contributed by atoms with Gasteiger partial charge >= 0.3 is 5.97 Å². The van der Waals surface area contributed by atoms with Crippen molar-refractivity contribution in [2.45, 2.75) is 37.8 Å². The molecule has 2 rings (SSSR count). The molecule has 2 N–H and O–H groups in total. The second-order valence-electron chi connectivity index (χ2n) is 5.43. The maximum atomic E-state index is 11.5. The first-order chi connectivity index (χ1) is 8.47. The molecule has 2 aliphatic rings. The molecule has 0 bridgehead atoms. The van der Waals surface area contributed by atoms with Crippen LogP contribution in [0.25, 0.3) is 0 Å². The number of rotatable bonds is 7. The molecule has 6 heteroatoms. The van der Waals surface area contributed by atoms with E-state index in [0.717, 1.165) is 12.8 Å². The Hall–Kier alpha value is -1.14. The van der Waals surface area contributed by atoms with E-state index in [0.29, 0.717) is 32.1 Å². The fraction of sp³-hybridized carbons (Fsp3) is 0.833. The van der Waals surface area contributed by atoms with Crippen molar-refractivity contribution in [3.63, 3.8) is 0 Å². The van der Waals surface area contributed by atoms with Crippen LogP contribution in [-0.2, 0) is 14.3 Å². The average Bonchev–Trinajstić information content (AvgIpc) is 3.04. The summed E-state index contributed by atoms with van der Waals surface area (Å²) >= 11 is 0. The molecule has 0 aromatic heterocycles. The molecule has 0 radical (unpaired) electrons. The molecule has 1 saturated carbocycles. The highest BCUT2D eigenvalue weighted by molar-refractivity contribution is 5.76. The average molecular weight is 256 g/mol. The van der Waals surface area contributed by atoms with Crippen molar-refractivity contribution >= 4 is 11.9 Å². The molecule has 2 fully saturated rings. The fourth-order valence-electron chi connectivity index (χ4n) is 2.17. The highest BCUT2D eigenvalue weighted by Crippen LogP contribution is 2.24. The topological polar surface area (TPSA) is 78.9 Å². The van der Waals surface area contributed by atoms with Crippen molar-refractivity contribution in [3.05, 3.63) is 0 Å². The third kappa shape index (κ3) is 3.96. The maximum absolute atomic E-state index is 11.5. The number of carbonyl (C=O) groups is 2. The molecule has 1 heterocycles. The predicted molar refractivity (Wildman–Crippen MR) is 64.2 cm³/mol. The minimum absolute atomic E-state index is 0.109. The monoisotopic (exact) mass is 256 g/mol. The first-order valence-corrected chi connectivity index (χ1v) is 6.34. The lowest BCUT2D eigenvalue weighted by atomic mass is 9.96. The van der Waals surface area contributed by atoms with E-state index in [9.17, 15) is 9.59 Å². The second-order valence-corrected chi connectivity index (χ2v) is 5.43. The van der Waals surface area contributed by atoms with E-state index < -0.39 is 5.97 Å². The largest absolute Gasteiger partial charge is 0.480 e. The highest BCUT2D eigenvalue weighted by atomic mass is 16.5. The van der Waals surface area contributed by atoms with Crippen LogP contribution in [0.2, 0.25) is 0 Å². The lowest BCUT2D eigenvalue weighted by Gasteiger charge is -2.47. The molecule has 0 atom stereocenters. The summed E-state index contributed by atoms with van der Waals surface area (Å²) in [4.78, 5) is 24.0. The number of amides is 1. The molecule has 1 aliphatic heterocycles. The lowest BCUT2D eigenvalue weighted by molar-refractivity contribution is -0.164. The number of aliphatic carboxylic acids is 1. The predicted octanol–water partition coefficient (Wildman–Crippen LogP) is -0.169. The SMILES string of the molecule is CC1(OCC(=O)O)CN(CCC(=O)NC2CC2)C1. The lowest BCUT2D eigenvalue weighted by Crippen LogP contribution is -2.62. The third-order valence-corrected chi connectivity index (χ3v) is 3.26. The maximum Gasteiger partial charge on any atom is 0.329 e. The van der Waals surface area contributed by atoms with Gasteiger partial charge in [-0.25, -0.2) is 4.79 Å². The summed E-state index contributed by atoms with van der Waals surface area (Å²) in [6.45, 7) is 3.74. The summed E-state index contributed by atoms with van der Waals surface area (Å²) in [5.74, 6) is -0.837. The molecule has 1 aliphatic carbocycles. The summed E-state index contributed by atoms with van der Waals surface area (Å²) < 4.78 is 5.30. The fourth-order valence-corrected chi connectivity index (χ4v) is 2.17. The number of ether oxygens (including phenoxy) is 1. The van der Waals surface area contributed by atoms with E-state index in [-0.39, 0.29) is 18.1 Å². The van der Waals surface area contributed by atoms with Gasteiger partial charge in [0.05, 0.1) is 5.60 Å². The Morgan fingerprint density at radius 3 is 2.67 bits per heavy atom. The number of nitrogens with one attached hydrogen (secondary N) is 1. The molecule has 0 aromatic carbocycles. The van der Waals surface area contributed by atoms with Gasteiger partial charge in [-0.05, 0) is 19.8 Å². The number of carboxylic acid groups (broad SMARTS) is 1. The Labute approximate surface area is 106 Å². The van der Waals surface area contributed by atoms with Gasteiger partial charge in [-0.3, -0.25) is 9.69 Å². The summed E-state index contributed by atoms with van der Waals surface area (Å²) in [6, 6.07) is 0.415. The molecule has 0 aromatic rings. The summed E-state index contributed by atoms with van der Waals surface area (Å²) in [5.41, 5.74) is -0.370. The highest BCUT2D eigenvalue weighted by Gasteiger charge is 2.40. The number of likely N-dealkylation sites (tertiary alicyclic amines) is 1. The molecule has 0 spiro atoms. The Balaban J connectivity index is 1.57. The summed E-state index contributed by atoms with van der Waals surface area (Å²) in [7, 11) is 0. The zero-order chi connectivity index (χ0) is 13.2. The van der Waals surface area contributed by atoms with Crippen molar-refractivity contribution in [2.75, 3.05) is 26.2 Å². The van der Waals surface area contributed by atoms with Gasteiger partial charge in [0.25, 0.3) is 0 Å². The van der Waals surface area contributed by atoms with Gasteiger partial charge in [0, 0.05) is 32.1 Å². The smallest absolute Gasteiger partial charge is 0.329 e. The van der Waals surface area contributed by atoms with Gasteiger partial charge in [-0.15, -0.1) is 0 Å². The van der Waals surface area contributed by atoms with Gasteiger partial charge < -0.3 is 15.2 Å².